The zero-order chi connectivity index (χ0) is 16.4. The van der Waals surface area contributed by atoms with Gasteiger partial charge in [0.15, 0.2) is 0 Å². The summed E-state index contributed by atoms with van der Waals surface area (Å²) in [4.78, 5) is 14.1. The molecule has 2 aliphatic heterocycles. The molecule has 128 valence electrons. The van der Waals surface area contributed by atoms with Crippen LogP contribution in [0.4, 0.5) is 0 Å². The summed E-state index contributed by atoms with van der Waals surface area (Å²) in [6.07, 6.45) is 4.11. The number of rotatable bonds is 2. The van der Waals surface area contributed by atoms with E-state index in [0.717, 1.165) is 25.7 Å². The second kappa shape index (κ2) is 6.84. The number of carbonyl (C=O) groups is 1. The van der Waals surface area contributed by atoms with Gasteiger partial charge < -0.3 is 4.90 Å². The fourth-order valence-electron chi connectivity index (χ4n) is 3.03. The zero-order valence-corrected chi connectivity index (χ0v) is 14.9. The van der Waals surface area contributed by atoms with Crippen molar-refractivity contribution in [3.05, 3.63) is 0 Å². The molecule has 0 atom stereocenters. The summed E-state index contributed by atoms with van der Waals surface area (Å²) >= 11 is 0. The van der Waals surface area contributed by atoms with E-state index in [1.54, 1.807) is 13.5 Å². The molecule has 6 nitrogen and oxygen atoms in total. The van der Waals surface area contributed by atoms with E-state index in [9.17, 15) is 13.2 Å². The molecule has 1 amide bonds. The molecule has 2 rings (SSSR count). The molecule has 0 aromatic rings. The maximum absolute atomic E-state index is 12.7. The molecule has 0 spiro atoms. The average molecular weight is 331 g/mol. The Morgan fingerprint density at radius 1 is 0.773 bits per heavy atom. The highest BCUT2D eigenvalue weighted by Gasteiger charge is 2.35. The Labute approximate surface area is 134 Å². The first-order valence-electron chi connectivity index (χ1n) is 8.27. The summed E-state index contributed by atoms with van der Waals surface area (Å²) in [6, 6.07) is 0. The molecule has 0 aliphatic carbocycles. The van der Waals surface area contributed by atoms with Crippen molar-refractivity contribution in [3.63, 3.8) is 0 Å². The van der Waals surface area contributed by atoms with Gasteiger partial charge >= 0.3 is 0 Å². The van der Waals surface area contributed by atoms with Gasteiger partial charge in [-0.3, -0.25) is 4.79 Å². The Kier molecular flexibility index (Phi) is 5.50. The van der Waals surface area contributed by atoms with Gasteiger partial charge in [-0.1, -0.05) is 33.6 Å². The van der Waals surface area contributed by atoms with Crippen molar-refractivity contribution >= 4 is 16.1 Å². The van der Waals surface area contributed by atoms with Gasteiger partial charge in [0.05, 0.1) is 0 Å². The number of piperazine rings is 1. The predicted octanol–water partition coefficient (Wildman–Crippen LogP) is 1.30. The standard InChI is InChI=1S/C15H29N3O3S/c1-15(2,3)14(19)16-10-12-18(13-11-16)22(20,21)17-8-6-4-5-7-9-17/h4-13H2,1-3H3. The van der Waals surface area contributed by atoms with E-state index in [1.165, 1.54) is 0 Å². The van der Waals surface area contributed by atoms with Crippen molar-refractivity contribution < 1.29 is 13.2 Å². The van der Waals surface area contributed by atoms with Crippen LogP contribution in [0, 0.1) is 5.41 Å². The largest absolute Gasteiger partial charge is 0.340 e. The quantitative estimate of drug-likeness (QED) is 0.766. The first kappa shape index (κ1) is 17.7. The van der Waals surface area contributed by atoms with E-state index in [-0.39, 0.29) is 5.91 Å². The van der Waals surface area contributed by atoms with Crippen molar-refractivity contribution in [2.45, 2.75) is 46.5 Å². The van der Waals surface area contributed by atoms with Gasteiger partial charge in [0, 0.05) is 44.7 Å². The van der Waals surface area contributed by atoms with Crippen LogP contribution in [-0.2, 0) is 15.0 Å². The van der Waals surface area contributed by atoms with E-state index in [4.69, 9.17) is 0 Å². The number of hydrogen-bond donors (Lipinski definition) is 0. The van der Waals surface area contributed by atoms with Crippen LogP contribution in [0.5, 0.6) is 0 Å². The topological polar surface area (TPSA) is 60.9 Å². The molecule has 0 saturated carbocycles. The van der Waals surface area contributed by atoms with Crippen molar-refractivity contribution in [3.8, 4) is 0 Å². The van der Waals surface area contributed by atoms with Gasteiger partial charge in [-0.15, -0.1) is 0 Å². The lowest BCUT2D eigenvalue weighted by atomic mass is 9.94. The smallest absolute Gasteiger partial charge is 0.282 e. The van der Waals surface area contributed by atoms with Crippen LogP contribution >= 0.6 is 0 Å². The molecule has 0 aromatic carbocycles. The summed E-state index contributed by atoms with van der Waals surface area (Å²) in [5.41, 5.74) is -0.411. The van der Waals surface area contributed by atoms with E-state index < -0.39 is 15.6 Å². The lowest BCUT2D eigenvalue weighted by molar-refractivity contribution is -0.140. The highest BCUT2D eigenvalue weighted by molar-refractivity contribution is 7.86. The molecule has 2 fully saturated rings. The first-order valence-corrected chi connectivity index (χ1v) is 9.67. The maximum Gasteiger partial charge on any atom is 0.282 e. The molecular formula is C15H29N3O3S. The molecule has 7 heteroatoms. The van der Waals surface area contributed by atoms with Crippen LogP contribution in [0.15, 0.2) is 0 Å². The van der Waals surface area contributed by atoms with Crippen molar-refractivity contribution in [2.75, 3.05) is 39.3 Å². The molecule has 22 heavy (non-hydrogen) atoms. The lowest BCUT2D eigenvalue weighted by Gasteiger charge is -2.38. The minimum atomic E-state index is -3.36. The molecule has 0 N–H and O–H groups in total. The summed E-state index contributed by atoms with van der Waals surface area (Å²) < 4.78 is 28.6. The molecule has 0 bridgehead atoms. The second-order valence-corrected chi connectivity index (χ2v) is 9.19. The third-order valence-electron chi connectivity index (χ3n) is 4.39. The highest BCUT2D eigenvalue weighted by atomic mass is 32.2. The van der Waals surface area contributed by atoms with E-state index >= 15 is 0 Å². The minimum absolute atomic E-state index is 0.0966. The van der Waals surface area contributed by atoms with Gasteiger partial charge in [0.1, 0.15) is 0 Å². The van der Waals surface area contributed by atoms with Crippen molar-refractivity contribution in [1.29, 1.82) is 0 Å². The van der Waals surface area contributed by atoms with Crippen LogP contribution < -0.4 is 0 Å². The minimum Gasteiger partial charge on any atom is -0.340 e. The third-order valence-corrected chi connectivity index (χ3v) is 6.42. The maximum atomic E-state index is 12.7. The Balaban J connectivity index is 1.97. The lowest BCUT2D eigenvalue weighted by Crippen LogP contribution is -2.55. The number of carbonyl (C=O) groups excluding carboxylic acids is 1. The Morgan fingerprint density at radius 3 is 1.68 bits per heavy atom. The molecule has 0 aromatic heterocycles. The Hall–Kier alpha value is -0.660. The Bertz CT molecular complexity index is 483. The summed E-state index contributed by atoms with van der Waals surface area (Å²) in [6.45, 7) is 8.74. The average Bonchev–Trinajstić information content (AvgIpc) is 2.75. The normalized spacial score (nSPS) is 23.3. The fraction of sp³-hybridized carbons (Fsp3) is 0.933. The van der Waals surface area contributed by atoms with Crippen LogP contribution in [-0.4, -0.2) is 67.1 Å². The highest BCUT2D eigenvalue weighted by Crippen LogP contribution is 2.21. The van der Waals surface area contributed by atoms with Crippen LogP contribution in [0.2, 0.25) is 0 Å². The summed E-state index contributed by atoms with van der Waals surface area (Å²) in [5.74, 6) is 0.0966. The monoisotopic (exact) mass is 331 g/mol. The molecule has 2 saturated heterocycles. The number of amides is 1. The van der Waals surface area contributed by atoms with Crippen molar-refractivity contribution in [2.24, 2.45) is 5.41 Å². The van der Waals surface area contributed by atoms with Gasteiger partial charge in [-0.05, 0) is 12.8 Å². The second-order valence-electron chi connectivity index (χ2n) is 7.26. The number of hydrogen-bond acceptors (Lipinski definition) is 3. The van der Waals surface area contributed by atoms with Gasteiger partial charge in [-0.2, -0.15) is 17.0 Å². The summed E-state index contributed by atoms with van der Waals surface area (Å²) in [7, 11) is -3.36. The van der Waals surface area contributed by atoms with Crippen LogP contribution in [0.25, 0.3) is 0 Å². The Morgan fingerprint density at radius 2 is 1.23 bits per heavy atom. The van der Waals surface area contributed by atoms with E-state index in [1.807, 2.05) is 20.8 Å². The molecule has 0 radical (unpaired) electrons. The first-order chi connectivity index (χ1) is 10.2. The van der Waals surface area contributed by atoms with Gasteiger partial charge in [0.2, 0.25) is 5.91 Å². The van der Waals surface area contributed by atoms with E-state index in [0.29, 0.717) is 39.3 Å². The molecule has 2 heterocycles. The third kappa shape index (κ3) is 4.00. The molecular weight excluding hydrogens is 302 g/mol. The number of nitrogens with zero attached hydrogens (tertiary/aromatic N) is 3. The molecule has 0 unspecified atom stereocenters. The molecule has 2 aliphatic rings. The van der Waals surface area contributed by atoms with Crippen LogP contribution in [0.1, 0.15) is 46.5 Å². The SMILES string of the molecule is CC(C)(C)C(=O)N1CCN(S(=O)(=O)N2CCCCCC2)CC1. The van der Waals surface area contributed by atoms with Gasteiger partial charge in [0.25, 0.3) is 10.2 Å². The van der Waals surface area contributed by atoms with E-state index in [2.05, 4.69) is 0 Å². The summed E-state index contributed by atoms with van der Waals surface area (Å²) in [5, 5.41) is 0. The van der Waals surface area contributed by atoms with Gasteiger partial charge in [-0.25, -0.2) is 0 Å². The predicted molar refractivity (Wildman–Crippen MR) is 86.6 cm³/mol. The van der Waals surface area contributed by atoms with Crippen LogP contribution in [0.3, 0.4) is 0 Å². The fourth-order valence-corrected chi connectivity index (χ4v) is 4.70. The van der Waals surface area contributed by atoms with Crippen molar-refractivity contribution in [1.82, 2.24) is 13.5 Å². The zero-order valence-electron chi connectivity index (χ0n) is 14.0.